The number of benzene rings is 1. The van der Waals surface area contributed by atoms with E-state index in [1.165, 1.54) is 13.2 Å². The van der Waals surface area contributed by atoms with Crippen LogP contribution in [0.25, 0.3) is 0 Å². The number of Topliss-reactive ketones (excluding diaryl/α,β-unsaturated/α-hetero) is 1. The number of carbonyl (C=O) groups is 2. The maximum absolute atomic E-state index is 11.8. The van der Waals surface area contributed by atoms with E-state index >= 15 is 0 Å². The summed E-state index contributed by atoms with van der Waals surface area (Å²) < 4.78 is 5.05. The van der Waals surface area contributed by atoms with Crippen LogP contribution in [0.1, 0.15) is 29.6 Å². The summed E-state index contributed by atoms with van der Waals surface area (Å²) in [5.74, 6) is -0.615. The normalized spacial score (nSPS) is 10.0. The summed E-state index contributed by atoms with van der Waals surface area (Å²) in [4.78, 5) is 22.2. The van der Waals surface area contributed by atoms with Crippen LogP contribution in [0.15, 0.2) is 18.2 Å². The van der Waals surface area contributed by atoms with Gasteiger partial charge in [0.1, 0.15) is 5.75 Å². The number of aliphatic carboxylic acids is 1. The summed E-state index contributed by atoms with van der Waals surface area (Å²) in [6.45, 7) is 0. The molecule has 0 bridgehead atoms. The molecular weight excluding hydrogens is 244 g/mol. The van der Waals surface area contributed by atoms with Crippen LogP contribution in [0.2, 0.25) is 5.02 Å². The molecule has 0 spiro atoms. The molecule has 0 aliphatic carbocycles. The van der Waals surface area contributed by atoms with E-state index in [-0.39, 0.29) is 18.6 Å². The van der Waals surface area contributed by atoms with Gasteiger partial charge in [-0.1, -0.05) is 11.6 Å². The van der Waals surface area contributed by atoms with Crippen molar-refractivity contribution in [1.82, 2.24) is 0 Å². The molecule has 4 nitrogen and oxygen atoms in total. The highest BCUT2D eigenvalue weighted by atomic mass is 35.5. The molecule has 0 saturated carbocycles. The molecule has 0 amide bonds. The van der Waals surface area contributed by atoms with E-state index in [1.807, 2.05) is 0 Å². The average Bonchev–Trinajstić information content (AvgIpc) is 2.28. The minimum absolute atomic E-state index is 0.0192. The highest BCUT2D eigenvalue weighted by Gasteiger charge is 2.13. The monoisotopic (exact) mass is 256 g/mol. The van der Waals surface area contributed by atoms with Gasteiger partial charge in [-0.15, -0.1) is 0 Å². The van der Waals surface area contributed by atoms with E-state index in [0.717, 1.165) is 0 Å². The number of ether oxygens (including phenoxy) is 1. The lowest BCUT2D eigenvalue weighted by Gasteiger charge is -2.07. The molecule has 0 aliphatic rings. The van der Waals surface area contributed by atoms with Crippen molar-refractivity contribution < 1.29 is 19.4 Å². The van der Waals surface area contributed by atoms with E-state index < -0.39 is 5.97 Å². The zero-order valence-electron chi connectivity index (χ0n) is 9.40. The molecule has 17 heavy (non-hydrogen) atoms. The van der Waals surface area contributed by atoms with E-state index in [1.54, 1.807) is 12.1 Å². The van der Waals surface area contributed by atoms with Gasteiger partial charge in [0.25, 0.3) is 0 Å². The van der Waals surface area contributed by atoms with Crippen LogP contribution >= 0.6 is 11.6 Å². The Morgan fingerprint density at radius 2 is 2.06 bits per heavy atom. The van der Waals surface area contributed by atoms with Gasteiger partial charge < -0.3 is 9.84 Å². The first-order valence-electron chi connectivity index (χ1n) is 5.13. The largest absolute Gasteiger partial charge is 0.496 e. The molecule has 0 aromatic heterocycles. The summed E-state index contributed by atoms with van der Waals surface area (Å²) in [7, 11) is 1.47. The molecule has 0 aliphatic heterocycles. The molecule has 0 saturated heterocycles. The van der Waals surface area contributed by atoms with Crippen molar-refractivity contribution in [2.75, 3.05) is 7.11 Å². The molecule has 0 fully saturated rings. The fraction of sp³-hybridized carbons (Fsp3) is 0.333. The Bertz CT molecular complexity index is 429. The number of carbonyl (C=O) groups excluding carboxylic acids is 1. The molecule has 5 heteroatoms. The fourth-order valence-electron chi connectivity index (χ4n) is 1.43. The molecule has 1 N–H and O–H groups in total. The lowest BCUT2D eigenvalue weighted by Crippen LogP contribution is -2.04. The second kappa shape index (κ2) is 6.25. The Balaban J connectivity index is 2.73. The van der Waals surface area contributed by atoms with Crippen LogP contribution in [0.3, 0.4) is 0 Å². The van der Waals surface area contributed by atoms with Gasteiger partial charge in [0.2, 0.25) is 0 Å². The van der Waals surface area contributed by atoms with Crippen LogP contribution in [-0.2, 0) is 4.79 Å². The predicted molar refractivity (Wildman–Crippen MR) is 63.8 cm³/mol. The first-order chi connectivity index (χ1) is 8.04. The molecule has 0 radical (unpaired) electrons. The third-order valence-electron chi connectivity index (χ3n) is 2.26. The number of methoxy groups -OCH3 is 1. The molecule has 1 aromatic rings. The van der Waals surface area contributed by atoms with Crippen molar-refractivity contribution in [3.05, 3.63) is 28.8 Å². The van der Waals surface area contributed by atoms with Gasteiger partial charge in [-0.05, 0) is 24.6 Å². The Morgan fingerprint density at radius 1 is 1.35 bits per heavy atom. The number of hydrogen-bond donors (Lipinski definition) is 1. The smallest absolute Gasteiger partial charge is 0.303 e. The van der Waals surface area contributed by atoms with Crippen molar-refractivity contribution in [2.45, 2.75) is 19.3 Å². The molecule has 1 aromatic carbocycles. The summed E-state index contributed by atoms with van der Waals surface area (Å²) in [6.07, 6.45) is 0.460. The number of hydrogen-bond acceptors (Lipinski definition) is 3. The minimum Gasteiger partial charge on any atom is -0.496 e. The molecular formula is C12H13ClO4. The van der Waals surface area contributed by atoms with Gasteiger partial charge in [-0.2, -0.15) is 0 Å². The third kappa shape index (κ3) is 4.07. The lowest BCUT2D eigenvalue weighted by atomic mass is 10.0. The van der Waals surface area contributed by atoms with Crippen molar-refractivity contribution in [3.8, 4) is 5.75 Å². The predicted octanol–water partition coefficient (Wildman–Crippen LogP) is 2.79. The summed E-state index contributed by atoms with van der Waals surface area (Å²) in [5, 5.41) is 8.94. The van der Waals surface area contributed by atoms with Crippen molar-refractivity contribution >= 4 is 23.4 Å². The van der Waals surface area contributed by atoms with Crippen LogP contribution in [0.5, 0.6) is 5.75 Å². The van der Waals surface area contributed by atoms with Crippen LogP contribution in [0, 0.1) is 0 Å². The number of rotatable bonds is 6. The molecule has 0 heterocycles. The van der Waals surface area contributed by atoms with Gasteiger partial charge in [-0.3, -0.25) is 9.59 Å². The van der Waals surface area contributed by atoms with Crippen molar-refractivity contribution in [3.63, 3.8) is 0 Å². The molecule has 0 atom stereocenters. The van der Waals surface area contributed by atoms with Gasteiger partial charge in [0.15, 0.2) is 5.78 Å². The number of halogens is 1. The fourth-order valence-corrected chi connectivity index (χ4v) is 1.61. The van der Waals surface area contributed by atoms with Gasteiger partial charge in [-0.25, -0.2) is 0 Å². The number of ketones is 1. The van der Waals surface area contributed by atoms with Crippen LogP contribution in [-0.4, -0.2) is 24.0 Å². The van der Waals surface area contributed by atoms with E-state index in [0.29, 0.717) is 22.8 Å². The number of carboxylic acid groups (broad SMARTS) is 1. The highest BCUT2D eigenvalue weighted by Crippen LogP contribution is 2.24. The summed E-state index contributed by atoms with van der Waals surface area (Å²) in [5.41, 5.74) is 0.394. The van der Waals surface area contributed by atoms with E-state index in [9.17, 15) is 9.59 Å². The number of carboxylic acids is 1. The Hall–Kier alpha value is -1.55. The Labute approximate surface area is 104 Å². The molecule has 1 rings (SSSR count). The quantitative estimate of drug-likeness (QED) is 0.795. The first-order valence-corrected chi connectivity index (χ1v) is 5.51. The van der Waals surface area contributed by atoms with Gasteiger partial charge in [0, 0.05) is 17.9 Å². The second-order valence-electron chi connectivity index (χ2n) is 3.52. The highest BCUT2D eigenvalue weighted by molar-refractivity contribution is 6.31. The van der Waals surface area contributed by atoms with Gasteiger partial charge >= 0.3 is 5.97 Å². The molecule has 0 unspecified atom stereocenters. The SMILES string of the molecule is COc1ccc(Cl)cc1C(=O)CCCC(=O)O. The van der Waals surface area contributed by atoms with Gasteiger partial charge in [0.05, 0.1) is 12.7 Å². The Kier molecular flexibility index (Phi) is 4.97. The lowest BCUT2D eigenvalue weighted by molar-refractivity contribution is -0.137. The van der Waals surface area contributed by atoms with Crippen LogP contribution < -0.4 is 4.74 Å². The zero-order valence-corrected chi connectivity index (χ0v) is 10.2. The van der Waals surface area contributed by atoms with E-state index in [2.05, 4.69) is 0 Å². The zero-order chi connectivity index (χ0) is 12.8. The van der Waals surface area contributed by atoms with Crippen LogP contribution in [0.4, 0.5) is 0 Å². The summed E-state index contributed by atoms with van der Waals surface area (Å²) >= 11 is 5.80. The van der Waals surface area contributed by atoms with Crippen molar-refractivity contribution in [1.29, 1.82) is 0 Å². The topological polar surface area (TPSA) is 63.6 Å². The average molecular weight is 257 g/mol. The summed E-state index contributed by atoms with van der Waals surface area (Å²) in [6, 6.07) is 4.78. The third-order valence-corrected chi connectivity index (χ3v) is 2.49. The van der Waals surface area contributed by atoms with Crippen molar-refractivity contribution in [2.24, 2.45) is 0 Å². The Morgan fingerprint density at radius 3 is 2.65 bits per heavy atom. The maximum atomic E-state index is 11.8. The first kappa shape index (κ1) is 13.5. The standard InChI is InChI=1S/C12H13ClO4/c1-17-11-6-5-8(13)7-9(11)10(14)3-2-4-12(15)16/h5-7H,2-4H2,1H3,(H,15,16). The second-order valence-corrected chi connectivity index (χ2v) is 3.95. The maximum Gasteiger partial charge on any atom is 0.303 e. The van der Waals surface area contributed by atoms with E-state index in [4.69, 9.17) is 21.4 Å². The molecule has 92 valence electrons. The minimum atomic E-state index is -0.907.